The standard InChI is InChI=1S/C10H21N3O3S/c1-2-5-12-10(14)8-13-17(15,16)9-4-3-6-11-7-9/h9,11,13H,2-8H2,1H3,(H,12,14). The zero-order chi connectivity index (χ0) is 12.7. The Hall–Kier alpha value is -0.660. The second-order valence-corrected chi connectivity index (χ2v) is 6.23. The lowest BCUT2D eigenvalue weighted by Gasteiger charge is -2.22. The molecule has 0 aromatic rings. The Morgan fingerprint density at radius 3 is 2.82 bits per heavy atom. The molecule has 1 rings (SSSR count). The molecule has 0 spiro atoms. The lowest BCUT2D eigenvalue weighted by molar-refractivity contribution is -0.119. The quantitative estimate of drug-likeness (QED) is 0.584. The summed E-state index contributed by atoms with van der Waals surface area (Å²) in [5, 5.41) is 5.25. The van der Waals surface area contributed by atoms with Gasteiger partial charge in [0.1, 0.15) is 0 Å². The van der Waals surface area contributed by atoms with E-state index < -0.39 is 15.3 Å². The van der Waals surface area contributed by atoms with Crippen LogP contribution in [-0.4, -0.2) is 45.8 Å². The Morgan fingerprint density at radius 2 is 2.24 bits per heavy atom. The zero-order valence-corrected chi connectivity index (χ0v) is 11.0. The van der Waals surface area contributed by atoms with E-state index in [1.54, 1.807) is 0 Å². The predicted octanol–water partition coefficient (Wildman–Crippen LogP) is -0.816. The molecule has 100 valence electrons. The summed E-state index contributed by atoms with van der Waals surface area (Å²) in [7, 11) is -3.38. The van der Waals surface area contributed by atoms with Crippen LogP contribution in [0.3, 0.4) is 0 Å². The lowest BCUT2D eigenvalue weighted by Crippen LogP contribution is -2.46. The summed E-state index contributed by atoms with van der Waals surface area (Å²) in [4.78, 5) is 11.3. The van der Waals surface area contributed by atoms with Gasteiger partial charge in [0, 0.05) is 13.1 Å². The Balaban J connectivity index is 2.35. The van der Waals surface area contributed by atoms with Crippen LogP contribution in [0.1, 0.15) is 26.2 Å². The number of hydrogen-bond acceptors (Lipinski definition) is 4. The van der Waals surface area contributed by atoms with Gasteiger partial charge in [-0.2, -0.15) is 0 Å². The van der Waals surface area contributed by atoms with Gasteiger partial charge in [0.25, 0.3) is 0 Å². The molecular formula is C10H21N3O3S. The second-order valence-electron chi connectivity index (χ2n) is 4.18. The average molecular weight is 263 g/mol. The first-order valence-corrected chi connectivity index (χ1v) is 7.56. The molecule has 6 nitrogen and oxygen atoms in total. The van der Waals surface area contributed by atoms with E-state index in [2.05, 4.69) is 15.4 Å². The summed E-state index contributed by atoms with van der Waals surface area (Å²) >= 11 is 0. The van der Waals surface area contributed by atoms with Crippen LogP contribution in [0, 0.1) is 0 Å². The molecule has 3 N–H and O–H groups in total. The van der Waals surface area contributed by atoms with Gasteiger partial charge in [0.2, 0.25) is 15.9 Å². The third-order valence-corrected chi connectivity index (χ3v) is 4.52. The van der Waals surface area contributed by atoms with Crippen molar-refractivity contribution >= 4 is 15.9 Å². The number of sulfonamides is 1. The van der Waals surface area contributed by atoms with Crippen molar-refractivity contribution < 1.29 is 13.2 Å². The third-order valence-electron chi connectivity index (χ3n) is 2.70. The van der Waals surface area contributed by atoms with Crippen molar-refractivity contribution in [2.75, 3.05) is 26.2 Å². The number of piperidine rings is 1. The van der Waals surface area contributed by atoms with Crippen molar-refractivity contribution in [3.05, 3.63) is 0 Å². The van der Waals surface area contributed by atoms with Crippen molar-refractivity contribution in [1.29, 1.82) is 0 Å². The Kier molecular flexibility index (Phi) is 5.87. The Morgan fingerprint density at radius 1 is 1.47 bits per heavy atom. The van der Waals surface area contributed by atoms with E-state index in [0.717, 1.165) is 19.4 Å². The first-order valence-electron chi connectivity index (χ1n) is 6.02. The molecule has 1 aliphatic heterocycles. The Bertz CT molecular complexity index is 337. The molecule has 1 heterocycles. The molecule has 0 radical (unpaired) electrons. The highest BCUT2D eigenvalue weighted by Gasteiger charge is 2.27. The van der Waals surface area contributed by atoms with Crippen molar-refractivity contribution in [2.45, 2.75) is 31.4 Å². The van der Waals surface area contributed by atoms with Gasteiger partial charge in [-0.1, -0.05) is 6.92 Å². The van der Waals surface area contributed by atoms with E-state index in [9.17, 15) is 13.2 Å². The van der Waals surface area contributed by atoms with E-state index in [1.165, 1.54) is 0 Å². The average Bonchev–Trinajstić information content (AvgIpc) is 2.35. The maximum Gasteiger partial charge on any atom is 0.235 e. The number of amides is 1. The number of hydrogen-bond donors (Lipinski definition) is 3. The highest BCUT2D eigenvalue weighted by molar-refractivity contribution is 7.90. The van der Waals surface area contributed by atoms with Crippen molar-refractivity contribution in [3.63, 3.8) is 0 Å². The molecule has 1 unspecified atom stereocenters. The molecule has 17 heavy (non-hydrogen) atoms. The monoisotopic (exact) mass is 263 g/mol. The summed E-state index contributed by atoms with van der Waals surface area (Å²) in [6.45, 7) is 3.68. The second kappa shape index (κ2) is 6.93. The maximum absolute atomic E-state index is 11.8. The fourth-order valence-corrected chi connectivity index (χ4v) is 3.08. The van der Waals surface area contributed by atoms with Gasteiger partial charge in [0.15, 0.2) is 0 Å². The molecule has 0 bridgehead atoms. The first kappa shape index (κ1) is 14.4. The first-order chi connectivity index (χ1) is 8.06. The molecule has 7 heteroatoms. The normalized spacial score (nSPS) is 21.1. The number of rotatable bonds is 6. The fraction of sp³-hybridized carbons (Fsp3) is 0.900. The van der Waals surface area contributed by atoms with E-state index >= 15 is 0 Å². The smallest absolute Gasteiger partial charge is 0.235 e. The molecule has 1 saturated heterocycles. The molecule has 1 aliphatic rings. The molecule has 0 aromatic heterocycles. The highest BCUT2D eigenvalue weighted by atomic mass is 32.2. The number of carbonyl (C=O) groups is 1. The molecule has 0 aliphatic carbocycles. The largest absolute Gasteiger partial charge is 0.355 e. The van der Waals surface area contributed by atoms with E-state index in [0.29, 0.717) is 19.5 Å². The van der Waals surface area contributed by atoms with Crippen LogP contribution in [0.5, 0.6) is 0 Å². The van der Waals surface area contributed by atoms with Crippen LogP contribution in [-0.2, 0) is 14.8 Å². The summed E-state index contributed by atoms with van der Waals surface area (Å²) in [5.74, 6) is -0.279. The predicted molar refractivity (Wildman–Crippen MR) is 66.1 cm³/mol. The highest BCUT2D eigenvalue weighted by Crippen LogP contribution is 2.09. The summed E-state index contributed by atoms with van der Waals surface area (Å²) in [6.07, 6.45) is 2.34. The topological polar surface area (TPSA) is 87.3 Å². The van der Waals surface area contributed by atoms with Gasteiger partial charge in [0.05, 0.1) is 11.8 Å². The van der Waals surface area contributed by atoms with Gasteiger partial charge in [-0.15, -0.1) is 0 Å². The molecule has 0 aromatic carbocycles. The van der Waals surface area contributed by atoms with Crippen LogP contribution in [0.2, 0.25) is 0 Å². The fourth-order valence-electron chi connectivity index (χ4n) is 1.70. The number of carbonyl (C=O) groups excluding carboxylic acids is 1. The minimum atomic E-state index is -3.38. The lowest BCUT2D eigenvalue weighted by atomic mass is 10.2. The van der Waals surface area contributed by atoms with E-state index in [4.69, 9.17) is 0 Å². The van der Waals surface area contributed by atoms with Gasteiger partial charge in [-0.3, -0.25) is 4.79 Å². The van der Waals surface area contributed by atoms with Gasteiger partial charge >= 0.3 is 0 Å². The minimum absolute atomic E-state index is 0.168. The zero-order valence-electron chi connectivity index (χ0n) is 10.2. The Labute approximate surface area is 103 Å². The van der Waals surface area contributed by atoms with Gasteiger partial charge in [-0.05, 0) is 25.8 Å². The molecule has 1 atom stereocenters. The molecular weight excluding hydrogens is 242 g/mol. The summed E-state index contributed by atoms with van der Waals surface area (Å²) < 4.78 is 26.0. The third kappa shape index (κ3) is 5.01. The van der Waals surface area contributed by atoms with Crippen molar-refractivity contribution in [2.24, 2.45) is 0 Å². The van der Waals surface area contributed by atoms with Crippen molar-refractivity contribution in [1.82, 2.24) is 15.4 Å². The van der Waals surface area contributed by atoms with Crippen LogP contribution < -0.4 is 15.4 Å². The van der Waals surface area contributed by atoms with Crippen LogP contribution >= 0.6 is 0 Å². The molecule has 1 amide bonds. The van der Waals surface area contributed by atoms with E-state index in [1.807, 2.05) is 6.92 Å². The van der Waals surface area contributed by atoms with Gasteiger partial charge < -0.3 is 10.6 Å². The van der Waals surface area contributed by atoms with Crippen LogP contribution in [0.15, 0.2) is 0 Å². The SMILES string of the molecule is CCCNC(=O)CNS(=O)(=O)C1CCCNC1. The van der Waals surface area contributed by atoms with Crippen LogP contribution in [0.4, 0.5) is 0 Å². The molecule has 0 saturated carbocycles. The van der Waals surface area contributed by atoms with Gasteiger partial charge in [-0.25, -0.2) is 13.1 Å². The maximum atomic E-state index is 11.8. The van der Waals surface area contributed by atoms with Crippen molar-refractivity contribution in [3.8, 4) is 0 Å². The number of nitrogens with one attached hydrogen (secondary N) is 3. The van der Waals surface area contributed by atoms with Crippen LogP contribution in [0.25, 0.3) is 0 Å². The van der Waals surface area contributed by atoms with E-state index in [-0.39, 0.29) is 12.5 Å². The minimum Gasteiger partial charge on any atom is -0.355 e. The molecule has 1 fully saturated rings. The summed E-state index contributed by atoms with van der Waals surface area (Å²) in [6, 6.07) is 0. The summed E-state index contributed by atoms with van der Waals surface area (Å²) in [5.41, 5.74) is 0.